The van der Waals surface area contributed by atoms with Gasteiger partial charge in [0.1, 0.15) is 17.3 Å². The van der Waals surface area contributed by atoms with Crippen molar-refractivity contribution >= 4 is 34.0 Å². The second-order valence-corrected chi connectivity index (χ2v) is 15.0. The van der Waals surface area contributed by atoms with Crippen LogP contribution in [-0.2, 0) is 5.41 Å². The molecule has 260 valence electrons. The Hall–Kier alpha value is -7.04. The Labute approximate surface area is 319 Å². The zero-order valence-electron chi connectivity index (χ0n) is 30.5. The molecule has 1 aliphatic carbocycles. The van der Waals surface area contributed by atoms with E-state index in [2.05, 4.69) is 169 Å². The zero-order valence-corrected chi connectivity index (χ0v) is 30.5. The van der Waals surface area contributed by atoms with Gasteiger partial charge in [0.15, 0.2) is 0 Å². The molecule has 0 unspecified atom stereocenters. The molecule has 3 aromatic heterocycles. The van der Waals surface area contributed by atoms with Crippen molar-refractivity contribution in [2.45, 2.75) is 19.3 Å². The molecule has 0 saturated heterocycles. The van der Waals surface area contributed by atoms with Crippen LogP contribution in [0.5, 0.6) is 11.5 Å². The molecule has 0 N–H and O–H groups in total. The number of rotatable bonds is 2. The standard InChI is InChI=1S/C51H35N3O/c1-51(2)44-15-7-5-13-37(44)40-29-42-39-27-34(35-22-23-46-41(28-35)43-31-52-26-24-47(43)54(46)50-17-9-10-25-53-50)21-20-33(39)19-18-32-11-3-4-12-36(32)38-14-6-8-16-48(38)55-49(42)30-45(40)51/h3-31H,1-2H3/b19-18-. The monoisotopic (exact) mass is 705 g/mol. The maximum Gasteiger partial charge on any atom is 0.137 e. The number of ether oxygens (including phenoxy) is 1. The van der Waals surface area contributed by atoms with Crippen LogP contribution in [0.1, 0.15) is 36.1 Å². The molecule has 4 heterocycles. The number of aromatic nitrogens is 3. The largest absolute Gasteiger partial charge is 0.456 e. The molecule has 0 bridgehead atoms. The van der Waals surface area contributed by atoms with Crippen molar-refractivity contribution in [1.29, 1.82) is 0 Å². The fraction of sp³-hybridized carbons (Fsp3) is 0.0588. The Morgan fingerprint density at radius 3 is 2.09 bits per heavy atom. The second kappa shape index (κ2) is 12.0. The maximum absolute atomic E-state index is 7.16. The quantitative estimate of drug-likeness (QED) is 0.180. The number of hydrogen-bond donors (Lipinski definition) is 0. The zero-order chi connectivity index (χ0) is 36.7. The molecular formula is C51H35N3O. The highest BCUT2D eigenvalue weighted by Gasteiger charge is 2.37. The molecule has 1 aliphatic heterocycles. The average Bonchev–Trinajstić information content (AvgIpc) is 3.67. The minimum Gasteiger partial charge on any atom is -0.456 e. The number of hydrogen-bond acceptors (Lipinski definition) is 3. The van der Waals surface area contributed by atoms with E-state index in [1.165, 1.54) is 22.3 Å². The molecule has 0 radical (unpaired) electrons. The summed E-state index contributed by atoms with van der Waals surface area (Å²) in [7, 11) is 0. The summed E-state index contributed by atoms with van der Waals surface area (Å²) < 4.78 is 9.38. The van der Waals surface area contributed by atoms with Gasteiger partial charge < -0.3 is 4.74 Å². The Morgan fingerprint density at radius 2 is 1.22 bits per heavy atom. The first kappa shape index (κ1) is 31.5. The molecule has 0 spiro atoms. The van der Waals surface area contributed by atoms with Crippen LogP contribution >= 0.6 is 0 Å². The Bertz CT molecular complexity index is 3040. The third-order valence-electron chi connectivity index (χ3n) is 11.6. The van der Waals surface area contributed by atoms with Crippen LogP contribution < -0.4 is 4.74 Å². The highest BCUT2D eigenvalue weighted by Crippen LogP contribution is 2.53. The minimum atomic E-state index is -0.175. The summed E-state index contributed by atoms with van der Waals surface area (Å²) in [4.78, 5) is 9.24. The fourth-order valence-corrected chi connectivity index (χ4v) is 8.88. The molecule has 0 amide bonds. The van der Waals surface area contributed by atoms with Crippen molar-refractivity contribution in [1.82, 2.24) is 14.5 Å². The molecule has 2 aliphatic rings. The minimum absolute atomic E-state index is 0.175. The number of fused-ring (bicyclic) bond motifs is 12. The number of benzene rings is 6. The van der Waals surface area contributed by atoms with Gasteiger partial charge in [0.2, 0.25) is 0 Å². The number of nitrogens with zero attached hydrogens (tertiary/aromatic N) is 3. The maximum atomic E-state index is 7.16. The van der Waals surface area contributed by atoms with Gasteiger partial charge in [-0.05, 0) is 110 Å². The lowest BCUT2D eigenvalue weighted by Crippen LogP contribution is -2.15. The molecule has 55 heavy (non-hydrogen) atoms. The number of para-hydroxylation sites is 1. The van der Waals surface area contributed by atoms with Gasteiger partial charge in [0.05, 0.1) is 11.0 Å². The Kier molecular flexibility index (Phi) is 6.86. The van der Waals surface area contributed by atoms with Crippen LogP contribution in [0.25, 0.3) is 84.3 Å². The smallest absolute Gasteiger partial charge is 0.137 e. The van der Waals surface area contributed by atoms with Gasteiger partial charge in [-0.3, -0.25) is 9.55 Å². The molecule has 0 fully saturated rings. The van der Waals surface area contributed by atoms with Gasteiger partial charge >= 0.3 is 0 Å². The van der Waals surface area contributed by atoms with Gasteiger partial charge in [-0.15, -0.1) is 0 Å². The first-order chi connectivity index (χ1) is 27.0. The highest BCUT2D eigenvalue weighted by molar-refractivity contribution is 6.10. The van der Waals surface area contributed by atoms with Crippen LogP contribution in [0.2, 0.25) is 0 Å². The van der Waals surface area contributed by atoms with E-state index in [0.29, 0.717) is 0 Å². The molecule has 0 atom stereocenters. The predicted molar refractivity (Wildman–Crippen MR) is 226 cm³/mol. The summed E-state index contributed by atoms with van der Waals surface area (Å²) >= 11 is 0. The van der Waals surface area contributed by atoms with Gasteiger partial charge in [-0.2, -0.15) is 0 Å². The van der Waals surface area contributed by atoms with Crippen molar-refractivity contribution in [3.05, 3.63) is 186 Å². The van der Waals surface area contributed by atoms with Crippen molar-refractivity contribution in [2.75, 3.05) is 0 Å². The van der Waals surface area contributed by atoms with E-state index in [1.807, 2.05) is 30.7 Å². The van der Waals surface area contributed by atoms with E-state index in [0.717, 1.165) is 83.6 Å². The summed E-state index contributed by atoms with van der Waals surface area (Å²) in [6.45, 7) is 4.65. The van der Waals surface area contributed by atoms with Crippen molar-refractivity contribution in [3.63, 3.8) is 0 Å². The topological polar surface area (TPSA) is 39.9 Å². The Morgan fingerprint density at radius 1 is 0.491 bits per heavy atom. The average molecular weight is 706 g/mol. The Balaban J connectivity index is 1.17. The van der Waals surface area contributed by atoms with E-state index in [4.69, 9.17) is 9.72 Å². The van der Waals surface area contributed by atoms with E-state index in [1.54, 1.807) is 0 Å². The third kappa shape index (κ3) is 4.85. The molecule has 4 nitrogen and oxygen atoms in total. The second-order valence-electron chi connectivity index (χ2n) is 15.0. The van der Waals surface area contributed by atoms with Crippen LogP contribution in [0, 0.1) is 0 Å². The molecule has 4 heteroatoms. The fourth-order valence-electron chi connectivity index (χ4n) is 8.88. The first-order valence-corrected chi connectivity index (χ1v) is 18.8. The third-order valence-corrected chi connectivity index (χ3v) is 11.6. The van der Waals surface area contributed by atoms with Gasteiger partial charge in [-0.1, -0.05) is 117 Å². The number of pyridine rings is 2. The predicted octanol–water partition coefficient (Wildman–Crippen LogP) is 13.2. The summed E-state index contributed by atoms with van der Waals surface area (Å²) in [5.41, 5.74) is 16.0. The van der Waals surface area contributed by atoms with E-state index in [-0.39, 0.29) is 5.41 Å². The van der Waals surface area contributed by atoms with Crippen LogP contribution in [-0.4, -0.2) is 14.5 Å². The van der Waals surface area contributed by atoms with Crippen molar-refractivity contribution in [2.24, 2.45) is 0 Å². The van der Waals surface area contributed by atoms with E-state index < -0.39 is 0 Å². The van der Waals surface area contributed by atoms with Crippen LogP contribution in [0.4, 0.5) is 0 Å². The molecule has 6 aromatic carbocycles. The molecule has 0 saturated carbocycles. The van der Waals surface area contributed by atoms with Gasteiger partial charge in [0, 0.05) is 45.9 Å². The summed E-state index contributed by atoms with van der Waals surface area (Å²) in [5.74, 6) is 2.56. The van der Waals surface area contributed by atoms with Gasteiger partial charge in [-0.25, -0.2) is 4.98 Å². The van der Waals surface area contributed by atoms with Crippen molar-refractivity contribution in [3.8, 4) is 61.8 Å². The summed E-state index contributed by atoms with van der Waals surface area (Å²) in [6, 6.07) is 52.2. The molecule has 11 rings (SSSR count). The summed E-state index contributed by atoms with van der Waals surface area (Å²) in [5, 5.41) is 2.23. The van der Waals surface area contributed by atoms with Crippen LogP contribution in [0.15, 0.2) is 164 Å². The normalized spacial score (nSPS) is 14.1. The van der Waals surface area contributed by atoms with E-state index >= 15 is 0 Å². The summed E-state index contributed by atoms with van der Waals surface area (Å²) in [6.07, 6.45) is 10.2. The first-order valence-electron chi connectivity index (χ1n) is 18.8. The van der Waals surface area contributed by atoms with Crippen LogP contribution in [0.3, 0.4) is 0 Å². The SMILES string of the molecule is CC1(C)c2ccccc2-c2cc3c(cc21)Oc1ccccc1-c1ccccc1/C=C\c1ccc(-c2ccc4c(c2)c2cnccc2n4-c2ccccn2)cc1-3. The lowest BCUT2D eigenvalue weighted by atomic mass is 9.81. The van der Waals surface area contributed by atoms with E-state index in [9.17, 15) is 0 Å². The molecular weight excluding hydrogens is 671 g/mol. The van der Waals surface area contributed by atoms with Gasteiger partial charge in [0.25, 0.3) is 0 Å². The molecule has 9 aromatic rings. The van der Waals surface area contributed by atoms with Crippen molar-refractivity contribution < 1.29 is 4.74 Å². The lowest BCUT2D eigenvalue weighted by molar-refractivity contribution is 0.484. The lowest BCUT2D eigenvalue weighted by Gasteiger charge is -2.23. The highest BCUT2D eigenvalue weighted by atomic mass is 16.5.